The highest BCUT2D eigenvalue weighted by atomic mass is 32.2. The van der Waals surface area contributed by atoms with Crippen molar-refractivity contribution >= 4 is 11.8 Å². The zero-order chi connectivity index (χ0) is 18.6. The van der Waals surface area contributed by atoms with Crippen molar-refractivity contribution in [2.45, 2.75) is 55.4 Å². The van der Waals surface area contributed by atoms with Crippen molar-refractivity contribution in [2.75, 3.05) is 0 Å². The molecule has 1 aliphatic heterocycles. The Kier molecular flexibility index (Phi) is 5.54. The average Bonchev–Trinajstić information content (AvgIpc) is 3.11. The van der Waals surface area contributed by atoms with Gasteiger partial charge in [0.1, 0.15) is 11.9 Å². The van der Waals surface area contributed by atoms with E-state index in [2.05, 4.69) is 80.6 Å². The monoisotopic (exact) mass is 374 g/mol. The molecule has 0 radical (unpaired) electrons. The van der Waals surface area contributed by atoms with Gasteiger partial charge in [-0.2, -0.15) is 0 Å². The summed E-state index contributed by atoms with van der Waals surface area (Å²) >= 11 is 1.85. The Morgan fingerprint density at radius 3 is 2.48 bits per heavy atom. The third-order valence-corrected chi connectivity index (χ3v) is 6.22. The van der Waals surface area contributed by atoms with Crippen LogP contribution in [0.2, 0.25) is 0 Å². The number of benzene rings is 3. The van der Waals surface area contributed by atoms with Crippen molar-refractivity contribution in [1.29, 1.82) is 0 Å². The molecule has 0 aromatic heterocycles. The zero-order valence-electron chi connectivity index (χ0n) is 16.1. The highest BCUT2D eigenvalue weighted by Crippen LogP contribution is 2.43. The molecule has 0 bridgehead atoms. The molecule has 0 saturated heterocycles. The molecule has 0 fully saturated rings. The fourth-order valence-corrected chi connectivity index (χ4v) is 4.63. The topological polar surface area (TPSA) is 9.23 Å². The van der Waals surface area contributed by atoms with E-state index in [0.29, 0.717) is 6.10 Å². The predicted octanol–water partition coefficient (Wildman–Crippen LogP) is 7.31. The number of rotatable bonds is 6. The van der Waals surface area contributed by atoms with Crippen LogP contribution in [-0.4, -0.2) is 6.10 Å². The van der Waals surface area contributed by atoms with Crippen LogP contribution >= 0.6 is 11.8 Å². The van der Waals surface area contributed by atoms with Gasteiger partial charge in [0, 0.05) is 21.8 Å². The number of ether oxygens (including phenoxy) is 1. The lowest BCUT2D eigenvalue weighted by Gasteiger charge is -2.11. The van der Waals surface area contributed by atoms with Crippen molar-refractivity contribution in [3.63, 3.8) is 0 Å². The van der Waals surface area contributed by atoms with Crippen molar-refractivity contribution in [3.8, 4) is 16.9 Å². The normalized spacial score (nSPS) is 15.4. The van der Waals surface area contributed by atoms with Crippen LogP contribution in [0.4, 0.5) is 0 Å². The van der Waals surface area contributed by atoms with E-state index in [1.54, 1.807) is 0 Å². The Labute approximate surface area is 166 Å². The lowest BCUT2D eigenvalue weighted by molar-refractivity contribution is 0.217. The molecule has 1 heterocycles. The summed E-state index contributed by atoms with van der Waals surface area (Å²) in [6.45, 7) is 4.37. The molecule has 1 aliphatic rings. The van der Waals surface area contributed by atoms with E-state index in [4.69, 9.17) is 4.74 Å². The lowest BCUT2D eigenvalue weighted by Crippen LogP contribution is -2.12. The van der Waals surface area contributed by atoms with Gasteiger partial charge in [0.25, 0.3) is 0 Å². The van der Waals surface area contributed by atoms with E-state index < -0.39 is 0 Å². The van der Waals surface area contributed by atoms with Gasteiger partial charge in [0.15, 0.2) is 0 Å². The number of unbranched alkanes of at least 4 members (excludes halogenated alkanes) is 1. The molecule has 1 nitrogen and oxygen atoms in total. The number of aryl methyl sites for hydroxylation is 1. The number of fused-ring (bicyclic) bond motifs is 1. The first-order valence-corrected chi connectivity index (χ1v) is 10.7. The fraction of sp³-hybridized carbons (Fsp3) is 0.280. The van der Waals surface area contributed by atoms with Gasteiger partial charge >= 0.3 is 0 Å². The van der Waals surface area contributed by atoms with Crippen LogP contribution in [0, 0.1) is 6.92 Å². The van der Waals surface area contributed by atoms with Gasteiger partial charge in [-0.3, -0.25) is 0 Å². The standard InChI is InChI=1S/C25H26OS/c1-3-4-8-21-17-23-24(26-21)15-20(19-13-11-18(2)12-14-19)16-25(23)27-22-9-6-5-7-10-22/h5-7,9-16,21H,3-4,8,17H2,1-2H3. The second-order valence-corrected chi connectivity index (χ2v) is 8.43. The molecule has 0 spiro atoms. The Morgan fingerprint density at radius 2 is 1.74 bits per heavy atom. The molecular weight excluding hydrogens is 348 g/mol. The fourth-order valence-electron chi connectivity index (χ4n) is 3.59. The summed E-state index contributed by atoms with van der Waals surface area (Å²) in [6.07, 6.45) is 4.93. The molecule has 1 unspecified atom stereocenters. The molecule has 138 valence electrons. The van der Waals surface area contributed by atoms with E-state index in [1.165, 1.54) is 44.9 Å². The molecule has 27 heavy (non-hydrogen) atoms. The summed E-state index contributed by atoms with van der Waals surface area (Å²) in [4.78, 5) is 2.60. The maximum Gasteiger partial charge on any atom is 0.124 e. The maximum atomic E-state index is 6.36. The highest BCUT2D eigenvalue weighted by Gasteiger charge is 2.26. The molecule has 0 amide bonds. The van der Waals surface area contributed by atoms with E-state index in [1.807, 2.05) is 11.8 Å². The highest BCUT2D eigenvalue weighted by molar-refractivity contribution is 7.99. The third-order valence-electron chi connectivity index (χ3n) is 5.13. The predicted molar refractivity (Wildman–Crippen MR) is 115 cm³/mol. The molecule has 0 aliphatic carbocycles. The summed E-state index contributed by atoms with van der Waals surface area (Å²) in [7, 11) is 0. The Morgan fingerprint density at radius 1 is 0.963 bits per heavy atom. The number of hydrogen-bond acceptors (Lipinski definition) is 2. The zero-order valence-corrected chi connectivity index (χ0v) is 16.9. The van der Waals surface area contributed by atoms with E-state index in [0.717, 1.165) is 18.6 Å². The van der Waals surface area contributed by atoms with Crippen LogP contribution in [0.15, 0.2) is 76.5 Å². The summed E-state index contributed by atoms with van der Waals surface area (Å²) in [5.41, 5.74) is 5.15. The largest absolute Gasteiger partial charge is 0.490 e. The summed E-state index contributed by atoms with van der Waals surface area (Å²) in [5.74, 6) is 1.08. The molecule has 3 aromatic carbocycles. The first-order chi connectivity index (χ1) is 13.2. The van der Waals surface area contributed by atoms with Crippen LogP contribution < -0.4 is 4.74 Å². The quantitative estimate of drug-likeness (QED) is 0.447. The van der Waals surface area contributed by atoms with Crippen LogP contribution in [-0.2, 0) is 6.42 Å². The first-order valence-electron chi connectivity index (χ1n) is 9.86. The SMILES string of the molecule is CCCCC1Cc2c(cc(-c3ccc(C)cc3)cc2Sc2ccccc2)O1. The summed E-state index contributed by atoms with van der Waals surface area (Å²) < 4.78 is 6.36. The Bertz CT molecular complexity index is 900. The molecule has 0 N–H and O–H groups in total. The van der Waals surface area contributed by atoms with Gasteiger partial charge in [-0.15, -0.1) is 0 Å². The van der Waals surface area contributed by atoms with Crippen molar-refractivity contribution in [2.24, 2.45) is 0 Å². The average molecular weight is 375 g/mol. The third kappa shape index (κ3) is 4.22. The van der Waals surface area contributed by atoms with Crippen LogP contribution in [0.3, 0.4) is 0 Å². The second kappa shape index (κ2) is 8.22. The Hall–Kier alpha value is -2.19. The molecule has 0 saturated carbocycles. The van der Waals surface area contributed by atoms with Gasteiger partial charge < -0.3 is 4.74 Å². The molecule has 2 heteroatoms. The molecule has 4 rings (SSSR count). The first kappa shape index (κ1) is 18.2. The van der Waals surface area contributed by atoms with Crippen molar-refractivity contribution in [3.05, 3.63) is 77.9 Å². The Balaban J connectivity index is 1.71. The van der Waals surface area contributed by atoms with E-state index in [9.17, 15) is 0 Å². The van der Waals surface area contributed by atoms with E-state index in [-0.39, 0.29) is 0 Å². The molecule has 3 aromatic rings. The smallest absolute Gasteiger partial charge is 0.124 e. The minimum atomic E-state index is 0.323. The summed E-state index contributed by atoms with van der Waals surface area (Å²) in [5, 5.41) is 0. The van der Waals surface area contributed by atoms with Crippen molar-refractivity contribution < 1.29 is 4.74 Å². The van der Waals surface area contributed by atoms with Crippen LogP contribution in [0.25, 0.3) is 11.1 Å². The van der Waals surface area contributed by atoms with Crippen molar-refractivity contribution in [1.82, 2.24) is 0 Å². The lowest BCUT2D eigenvalue weighted by atomic mass is 10.0. The number of hydrogen-bond donors (Lipinski definition) is 0. The summed E-state index contributed by atoms with van der Waals surface area (Å²) in [6, 6.07) is 24.0. The van der Waals surface area contributed by atoms with Gasteiger partial charge in [0.05, 0.1) is 0 Å². The molecule has 1 atom stereocenters. The minimum Gasteiger partial charge on any atom is -0.490 e. The van der Waals surface area contributed by atoms with E-state index >= 15 is 0 Å². The van der Waals surface area contributed by atoms with Crippen LogP contribution in [0.5, 0.6) is 5.75 Å². The second-order valence-electron chi connectivity index (χ2n) is 7.32. The maximum absolute atomic E-state index is 6.36. The van der Waals surface area contributed by atoms with Gasteiger partial charge in [-0.1, -0.05) is 79.6 Å². The van der Waals surface area contributed by atoms with Gasteiger partial charge in [0.2, 0.25) is 0 Å². The minimum absolute atomic E-state index is 0.323. The van der Waals surface area contributed by atoms with Gasteiger partial charge in [-0.05, 0) is 48.7 Å². The van der Waals surface area contributed by atoms with Crippen LogP contribution in [0.1, 0.15) is 37.3 Å². The van der Waals surface area contributed by atoms with Gasteiger partial charge in [-0.25, -0.2) is 0 Å². The molecular formula is C25H26OS.